The van der Waals surface area contributed by atoms with Gasteiger partial charge in [0.25, 0.3) is 15.6 Å². The molecule has 1 aliphatic heterocycles. The van der Waals surface area contributed by atoms with Crippen molar-refractivity contribution in [2.45, 2.75) is 31.3 Å². The minimum absolute atomic E-state index is 0.0126. The van der Waals surface area contributed by atoms with Gasteiger partial charge >= 0.3 is 6.11 Å². The van der Waals surface area contributed by atoms with Crippen LogP contribution in [0.15, 0.2) is 76.6 Å². The van der Waals surface area contributed by atoms with E-state index in [0.717, 1.165) is 5.56 Å². The van der Waals surface area contributed by atoms with Gasteiger partial charge in [-0.3, -0.25) is 9.89 Å². The number of hydrogen-bond acceptors (Lipinski definition) is 5. The molecular weight excluding hydrogens is 490 g/mol. The summed E-state index contributed by atoms with van der Waals surface area (Å²) in [7, 11) is -3.93. The molecule has 0 atom stereocenters. The first-order valence-corrected chi connectivity index (χ1v) is 12.5. The second-order valence-corrected chi connectivity index (χ2v) is 10.4. The monoisotopic (exact) mass is 512 g/mol. The normalized spacial score (nSPS) is 13.6. The van der Waals surface area contributed by atoms with Crippen molar-refractivity contribution < 1.29 is 21.9 Å². The number of anilines is 1. The standard InChI is InChI=1S/C25H22F2N4O4S/c1-16-5-11-19(12-6-16)36(33,34)30-15-13-21-22(20-4-3-14-28-23(20)30)29-31(24(21)32)17-7-9-18(10-8-17)35-25(2,26)27/h3-12,14,29H,13,15H2,1-2H3. The van der Waals surface area contributed by atoms with E-state index in [4.69, 9.17) is 0 Å². The van der Waals surface area contributed by atoms with Crippen LogP contribution in [0.3, 0.4) is 0 Å². The molecule has 0 radical (unpaired) electrons. The Morgan fingerprint density at radius 3 is 2.42 bits per heavy atom. The quantitative estimate of drug-likeness (QED) is 0.431. The first-order valence-electron chi connectivity index (χ1n) is 11.1. The summed E-state index contributed by atoms with van der Waals surface area (Å²) in [5.74, 6) is 0.165. The number of nitrogens with one attached hydrogen (secondary N) is 1. The summed E-state index contributed by atoms with van der Waals surface area (Å²) >= 11 is 0. The lowest BCUT2D eigenvalue weighted by Crippen LogP contribution is -2.34. The number of benzene rings is 2. The number of ether oxygens (including phenoxy) is 1. The molecule has 0 saturated carbocycles. The second-order valence-electron chi connectivity index (χ2n) is 8.52. The highest BCUT2D eigenvalue weighted by Gasteiger charge is 2.33. The first kappa shape index (κ1) is 23.7. The van der Waals surface area contributed by atoms with Crippen LogP contribution in [0.4, 0.5) is 14.6 Å². The SMILES string of the molecule is Cc1ccc(S(=O)(=O)N2CCc3c([nH]n(-c4ccc(OC(C)(F)F)cc4)c3=O)-c3cccnc32)cc1. The van der Waals surface area contributed by atoms with E-state index < -0.39 is 16.1 Å². The fourth-order valence-electron chi connectivity index (χ4n) is 4.16. The molecule has 0 amide bonds. The van der Waals surface area contributed by atoms with Gasteiger partial charge in [0.05, 0.1) is 16.3 Å². The van der Waals surface area contributed by atoms with E-state index in [1.165, 1.54) is 39.4 Å². The summed E-state index contributed by atoms with van der Waals surface area (Å²) in [6.07, 6.45) is -1.69. The van der Waals surface area contributed by atoms with Gasteiger partial charge < -0.3 is 4.74 Å². The third kappa shape index (κ3) is 4.26. The Kier molecular flexibility index (Phi) is 5.67. The molecular formula is C25H22F2N4O4S. The van der Waals surface area contributed by atoms with Crippen molar-refractivity contribution >= 4 is 15.8 Å². The second kappa shape index (κ2) is 8.59. The number of aromatic nitrogens is 3. The van der Waals surface area contributed by atoms with Crippen LogP contribution in [0.5, 0.6) is 5.75 Å². The van der Waals surface area contributed by atoms with E-state index in [-0.39, 0.29) is 35.0 Å². The minimum atomic E-state index is -3.93. The summed E-state index contributed by atoms with van der Waals surface area (Å²) in [4.78, 5) is 17.8. The van der Waals surface area contributed by atoms with Crippen molar-refractivity contribution in [2.24, 2.45) is 0 Å². The zero-order valence-electron chi connectivity index (χ0n) is 19.4. The molecule has 0 saturated heterocycles. The minimum Gasteiger partial charge on any atom is -0.433 e. The van der Waals surface area contributed by atoms with Crippen molar-refractivity contribution in [3.63, 3.8) is 0 Å². The van der Waals surface area contributed by atoms with Gasteiger partial charge in [0.1, 0.15) is 5.75 Å². The molecule has 2 aromatic carbocycles. The van der Waals surface area contributed by atoms with E-state index in [0.29, 0.717) is 29.4 Å². The van der Waals surface area contributed by atoms with Crippen molar-refractivity contribution in [1.29, 1.82) is 0 Å². The fraction of sp³-hybridized carbons (Fsp3) is 0.200. The number of sulfonamides is 1. The highest BCUT2D eigenvalue weighted by molar-refractivity contribution is 7.92. The van der Waals surface area contributed by atoms with E-state index in [9.17, 15) is 22.0 Å². The van der Waals surface area contributed by atoms with Crippen LogP contribution in [-0.2, 0) is 16.4 Å². The molecule has 1 aliphatic rings. The van der Waals surface area contributed by atoms with Gasteiger partial charge in [0.2, 0.25) is 0 Å². The lowest BCUT2D eigenvalue weighted by Gasteiger charge is -2.23. The summed E-state index contributed by atoms with van der Waals surface area (Å²) in [5, 5.41) is 3.06. The molecule has 11 heteroatoms. The lowest BCUT2D eigenvalue weighted by molar-refractivity contribution is -0.158. The molecule has 186 valence electrons. The van der Waals surface area contributed by atoms with Gasteiger partial charge in [-0.05, 0) is 61.9 Å². The number of halogens is 2. The highest BCUT2D eigenvalue weighted by Crippen LogP contribution is 2.36. The molecule has 8 nitrogen and oxygen atoms in total. The summed E-state index contributed by atoms with van der Waals surface area (Å²) < 4.78 is 60.4. The van der Waals surface area contributed by atoms with Gasteiger partial charge in [0.15, 0.2) is 5.82 Å². The van der Waals surface area contributed by atoms with Crippen molar-refractivity contribution in [3.05, 3.63) is 88.3 Å². The van der Waals surface area contributed by atoms with Crippen LogP contribution in [-0.4, -0.2) is 35.8 Å². The predicted molar refractivity (Wildman–Crippen MR) is 130 cm³/mol. The molecule has 0 fully saturated rings. The first-order chi connectivity index (χ1) is 17.0. The van der Waals surface area contributed by atoms with Crippen LogP contribution in [0.25, 0.3) is 16.9 Å². The molecule has 4 aromatic rings. The van der Waals surface area contributed by atoms with Crippen LogP contribution < -0.4 is 14.6 Å². The van der Waals surface area contributed by atoms with Crippen molar-refractivity contribution in [1.82, 2.24) is 14.8 Å². The van der Waals surface area contributed by atoms with Crippen LogP contribution in [0.2, 0.25) is 0 Å². The third-order valence-corrected chi connectivity index (χ3v) is 7.65. The van der Waals surface area contributed by atoms with Gasteiger partial charge in [-0.1, -0.05) is 17.7 Å². The number of pyridine rings is 1. The summed E-state index contributed by atoms with van der Waals surface area (Å²) in [6.45, 7) is 2.52. The van der Waals surface area contributed by atoms with Gasteiger partial charge in [-0.2, -0.15) is 8.78 Å². The zero-order valence-corrected chi connectivity index (χ0v) is 20.2. The van der Waals surface area contributed by atoms with Crippen molar-refractivity contribution in [2.75, 3.05) is 10.8 Å². The number of nitrogens with zero attached hydrogens (tertiary/aromatic N) is 3. The number of aromatic amines is 1. The maximum Gasteiger partial charge on any atom is 0.394 e. The Morgan fingerprint density at radius 2 is 1.75 bits per heavy atom. The highest BCUT2D eigenvalue weighted by atomic mass is 32.2. The Hall–Kier alpha value is -3.99. The predicted octanol–water partition coefficient (Wildman–Crippen LogP) is 4.28. The fourth-order valence-corrected chi connectivity index (χ4v) is 5.60. The largest absolute Gasteiger partial charge is 0.433 e. The smallest absolute Gasteiger partial charge is 0.394 e. The molecule has 0 bridgehead atoms. The topological polar surface area (TPSA) is 97.3 Å². The number of H-pyrrole nitrogens is 1. The third-order valence-electron chi connectivity index (χ3n) is 5.84. The van der Waals surface area contributed by atoms with Gasteiger partial charge in [-0.25, -0.2) is 22.4 Å². The van der Waals surface area contributed by atoms with E-state index in [2.05, 4.69) is 14.8 Å². The Balaban J connectivity index is 1.57. The number of rotatable bonds is 5. The summed E-state index contributed by atoms with van der Waals surface area (Å²) in [6, 6.07) is 15.6. The van der Waals surface area contributed by atoms with Crippen LogP contribution >= 0.6 is 0 Å². The molecule has 3 heterocycles. The molecule has 1 N–H and O–H groups in total. The number of aryl methyl sites for hydroxylation is 1. The van der Waals surface area contributed by atoms with Crippen LogP contribution in [0.1, 0.15) is 18.1 Å². The number of alkyl halides is 2. The molecule has 36 heavy (non-hydrogen) atoms. The van der Waals surface area contributed by atoms with E-state index in [1.807, 2.05) is 6.92 Å². The Bertz CT molecular complexity index is 1590. The number of hydrogen-bond donors (Lipinski definition) is 1. The average Bonchev–Trinajstić information content (AvgIpc) is 3.05. The van der Waals surface area contributed by atoms with E-state index in [1.54, 1.807) is 36.4 Å². The molecule has 0 unspecified atom stereocenters. The molecule has 0 aliphatic carbocycles. The Morgan fingerprint density at radius 1 is 1.06 bits per heavy atom. The molecule has 2 aromatic heterocycles. The lowest BCUT2D eigenvalue weighted by atomic mass is 10.1. The Labute approximate surface area is 205 Å². The van der Waals surface area contributed by atoms with Gasteiger partial charge in [-0.15, -0.1) is 0 Å². The molecule has 5 rings (SSSR count). The molecule has 0 spiro atoms. The zero-order chi connectivity index (χ0) is 25.7. The average molecular weight is 513 g/mol. The van der Waals surface area contributed by atoms with Gasteiger partial charge in [0, 0.05) is 30.8 Å². The maximum atomic E-state index is 13.5. The summed E-state index contributed by atoms with van der Waals surface area (Å²) in [5.41, 5.74) is 2.28. The van der Waals surface area contributed by atoms with Crippen molar-refractivity contribution in [3.8, 4) is 22.7 Å². The maximum absolute atomic E-state index is 13.5. The van der Waals surface area contributed by atoms with E-state index >= 15 is 0 Å². The number of fused-ring (bicyclic) bond motifs is 3. The van der Waals surface area contributed by atoms with Crippen LogP contribution in [0, 0.1) is 6.92 Å².